The minimum atomic E-state index is 0.529. The summed E-state index contributed by atoms with van der Waals surface area (Å²) in [6.07, 6.45) is 0. The van der Waals surface area contributed by atoms with Crippen molar-refractivity contribution >= 4 is 11.6 Å². The molecule has 0 fully saturated rings. The number of nitrogens with zero attached hydrogens (tertiary/aromatic N) is 2. The van der Waals surface area contributed by atoms with Crippen LogP contribution in [0.4, 0.5) is 0 Å². The molecule has 0 aliphatic carbocycles. The van der Waals surface area contributed by atoms with E-state index in [0.29, 0.717) is 11.2 Å². The van der Waals surface area contributed by atoms with Crippen LogP contribution in [0.3, 0.4) is 0 Å². The van der Waals surface area contributed by atoms with E-state index in [1.54, 1.807) is 6.07 Å². The van der Waals surface area contributed by atoms with Crippen LogP contribution in [0.25, 0.3) is 0 Å². The molecule has 0 radical (unpaired) electrons. The first-order chi connectivity index (χ1) is 6.09. The average molecular weight is 199 g/mol. The molecule has 0 N–H and O–H groups in total. The molecule has 1 aromatic rings. The van der Waals surface area contributed by atoms with E-state index in [1.807, 2.05) is 12.1 Å². The van der Waals surface area contributed by atoms with Gasteiger partial charge in [-0.3, -0.25) is 4.90 Å². The van der Waals surface area contributed by atoms with Crippen molar-refractivity contribution in [1.29, 1.82) is 0 Å². The molecule has 0 saturated heterocycles. The molecule has 0 unspecified atom stereocenters. The van der Waals surface area contributed by atoms with Crippen molar-refractivity contribution in [2.24, 2.45) is 0 Å². The van der Waals surface area contributed by atoms with Gasteiger partial charge in [-0.15, -0.1) is 0 Å². The summed E-state index contributed by atoms with van der Waals surface area (Å²) in [6.45, 7) is 5.16. The molecule has 0 saturated carbocycles. The van der Waals surface area contributed by atoms with E-state index >= 15 is 0 Å². The summed E-state index contributed by atoms with van der Waals surface area (Å²) in [6, 6.07) is 6.24. The Hall–Kier alpha value is -0.600. The van der Waals surface area contributed by atoms with Crippen molar-refractivity contribution in [3.05, 3.63) is 29.0 Å². The van der Waals surface area contributed by atoms with Gasteiger partial charge in [-0.2, -0.15) is 0 Å². The molecule has 1 rings (SSSR count). The first-order valence-corrected chi connectivity index (χ1v) is 4.79. The van der Waals surface area contributed by atoms with Crippen molar-refractivity contribution in [3.63, 3.8) is 0 Å². The lowest BCUT2D eigenvalue weighted by molar-refractivity contribution is 0.263. The first-order valence-electron chi connectivity index (χ1n) is 4.41. The summed E-state index contributed by atoms with van der Waals surface area (Å²) in [5.74, 6) is 0. The number of rotatable bonds is 3. The van der Waals surface area contributed by atoms with Gasteiger partial charge in [0, 0.05) is 12.6 Å². The molecule has 0 amide bonds. The number of hydrogen-bond donors (Lipinski definition) is 0. The van der Waals surface area contributed by atoms with Crippen LogP contribution >= 0.6 is 11.6 Å². The second-order valence-corrected chi connectivity index (χ2v) is 3.85. The molecule has 13 heavy (non-hydrogen) atoms. The van der Waals surface area contributed by atoms with E-state index in [4.69, 9.17) is 11.6 Å². The van der Waals surface area contributed by atoms with Gasteiger partial charge in [-0.05, 0) is 33.0 Å². The van der Waals surface area contributed by atoms with E-state index in [-0.39, 0.29) is 0 Å². The van der Waals surface area contributed by atoms with Crippen molar-refractivity contribution < 1.29 is 0 Å². The van der Waals surface area contributed by atoms with Crippen LogP contribution < -0.4 is 0 Å². The van der Waals surface area contributed by atoms with Crippen LogP contribution in [0, 0.1) is 0 Å². The minimum absolute atomic E-state index is 0.529. The summed E-state index contributed by atoms with van der Waals surface area (Å²) in [7, 11) is 2.08. The zero-order valence-electron chi connectivity index (χ0n) is 8.29. The highest BCUT2D eigenvalue weighted by atomic mass is 35.5. The average Bonchev–Trinajstić information content (AvgIpc) is 2.04. The van der Waals surface area contributed by atoms with Crippen LogP contribution in [0.2, 0.25) is 5.15 Å². The van der Waals surface area contributed by atoms with Gasteiger partial charge in [0.2, 0.25) is 0 Å². The SMILES string of the molecule is CC(C)N(C)Cc1cccc(Cl)n1. The summed E-state index contributed by atoms with van der Waals surface area (Å²) in [5, 5.41) is 0.564. The molecular formula is C10H15ClN2. The molecular weight excluding hydrogens is 184 g/mol. The van der Waals surface area contributed by atoms with Gasteiger partial charge in [-0.1, -0.05) is 17.7 Å². The molecule has 1 heterocycles. The second kappa shape index (κ2) is 4.58. The third kappa shape index (κ3) is 3.33. The number of hydrogen-bond acceptors (Lipinski definition) is 2. The lowest BCUT2D eigenvalue weighted by Gasteiger charge is -2.20. The molecule has 0 spiro atoms. The Morgan fingerprint density at radius 3 is 2.69 bits per heavy atom. The fourth-order valence-corrected chi connectivity index (χ4v) is 1.16. The van der Waals surface area contributed by atoms with Gasteiger partial charge >= 0.3 is 0 Å². The Balaban J connectivity index is 2.64. The van der Waals surface area contributed by atoms with Crippen molar-refractivity contribution in [2.75, 3.05) is 7.05 Å². The summed E-state index contributed by atoms with van der Waals surface area (Å²) in [5.41, 5.74) is 1.02. The molecule has 2 nitrogen and oxygen atoms in total. The van der Waals surface area contributed by atoms with E-state index in [0.717, 1.165) is 12.2 Å². The quantitative estimate of drug-likeness (QED) is 0.695. The smallest absolute Gasteiger partial charge is 0.129 e. The van der Waals surface area contributed by atoms with Gasteiger partial charge in [0.05, 0.1) is 5.69 Å². The Kier molecular flexibility index (Phi) is 3.70. The van der Waals surface area contributed by atoms with Gasteiger partial charge in [0.1, 0.15) is 5.15 Å². The van der Waals surface area contributed by atoms with E-state index < -0.39 is 0 Å². The maximum absolute atomic E-state index is 5.78. The van der Waals surface area contributed by atoms with Gasteiger partial charge in [0.15, 0.2) is 0 Å². The van der Waals surface area contributed by atoms with Crippen molar-refractivity contribution in [2.45, 2.75) is 26.4 Å². The minimum Gasteiger partial charge on any atom is -0.298 e. The van der Waals surface area contributed by atoms with Crippen molar-refractivity contribution in [1.82, 2.24) is 9.88 Å². The lowest BCUT2D eigenvalue weighted by atomic mass is 10.3. The topological polar surface area (TPSA) is 16.1 Å². The fourth-order valence-electron chi connectivity index (χ4n) is 0.976. The predicted octanol–water partition coefficient (Wildman–Crippen LogP) is 2.58. The van der Waals surface area contributed by atoms with Gasteiger partial charge in [0.25, 0.3) is 0 Å². The largest absolute Gasteiger partial charge is 0.298 e. The van der Waals surface area contributed by atoms with Crippen LogP contribution in [-0.4, -0.2) is 23.0 Å². The normalized spacial score (nSPS) is 11.2. The Labute approximate surface area is 84.5 Å². The number of pyridine rings is 1. The third-order valence-electron chi connectivity index (χ3n) is 2.07. The Morgan fingerprint density at radius 2 is 2.15 bits per heavy atom. The van der Waals surface area contributed by atoms with Crippen molar-refractivity contribution in [3.8, 4) is 0 Å². The maximum Gasteiger partial charge on any atom is 0.129 e. The Bertz CT molecular complexity index is 273. The molecule has 0 bridgehead atoms. The highest BCUT2D eigenvalue weighted by Crippen LogP contribution is 2.08. The van der Waals surface area contributed by atoms with E-state index in [1.165, 1.54) is 0 Å². The standard InChI is InChI=1S/C10H15ClN2/c1-8(2)13(3)7-9-5-4-6-10(11)12-9/h4-6,8H,7H2,1-3H3. The van der Waals surface area contributed by atoms with Gasteiger partial charge < -0.3 is 0 Å². The van der Waals surface area contributed by atoms with Crippen LogP contribution in [0.15, 0.2) is 18.2 Å². The van der Waals surface area contributed by atoms with Crippen LogP contribution in [-0.2, 0) is 6.54 Å². The second-order valence-electron chi connectivity index (χ2n) is 3.46. The third-order valence-corrected chi connectivity index (χ3v) is 2.28. The molecule has 0 aliphatic rings. The maximum atomic E-state index is 5.78. The number of halogens is 1. The van der Waals surface area contributed by atoms with E-state index in [2.05, 4.69) is 30.8 Å². The molecule has 0 aromatic carbocycles. The highest BCUT2D eigenvalue weighted by molar-refractivity contribution is 6.29. The van der Waals surface area contributed by atoms with Crippen LogP contribution in [0.1, 0.15) is 19.5 Å². The molecule has 72 valence electrons. The number of aromatic nitrogens is 1. The molecule has 0 aliphatic heterocycles. The molecule has 0 atom stereocenters. The van der Waals surface area contributed by atoms with Gasteiger partial charge in [-0.25, -0.2) is 4.98 Å². The van der Waals surface area contributed by atoms with Crippen LogP contribution in [0.5, 0.6) is 0 Å². The summed E-state index contributed by atoms with van der Waals surface area (Å²) >= 11 is 5.78. The highest BCUT2D eigenvalue weighted by Gasteiger charge is 2.04. The van der Waals surface area contributed by atoms with E-state index in [9.17, 15) is 0 Å². The fraction of sp³-hybridized carbons (Fsp3) is 0.500. The monoisotopic (exact) mass is 198 g/mol. The predicted molar refractivity (Wildman–Crippen MR) is 55.9 cm³/mol. The molecule has 3 heteroatoms. The Morgan fingerprint density at radius 1 is 1.46 bits per heavy atom. The first kappa shape index (κ1) is 10.5. The summed E-state index contributed by atoms with van der Waals surface area (Å²) < 4.78 is 0. The summed E-state index contributed by atoms with van der Waals surface area (Å²) in [4.78, 5) is 6.44. The zero-order chi connectivity index (χ0) is 9.84. The lowest BCUT2D eigenvalue weighted by Crippen LogP contribution is -2.25. The molecule has 1 aromatic heterocycles. The zero-order valence-corrected chi connectivity index (χ0v) is 9.04.